The van der Waals surface area contributed by atoms with Crippen molar-refractivity contribution in [1.29, 1.82) is 0 Å². The second kappa shape index (κ2) is 9.84. The minimum atomic E-state index is 0.291. The van der Waals surface area contributed by atoms with Crippen LogP contribution in [0.25, 0.3) is 0 Å². The van der Waals surface area contributed by atoms with Crippen molar-refractivity contribution in [3.8, 4) is 0 Å². The molecule has 0 fully saturated rings. The van der Waals surface area contributed by atoms with Gasteiger partial charge in [0.05, 0.1) is 0 Å². The third kappa shape index (κ3) is 9.60. The summed E-state index contributed by atoms with van der Waals surface area (Å²) in [5, 5.41) is 0. The summed E-state index contributed by atoms with van der Waals surface area (Å²) in [6.45, 7) is 5.01. The van der Waals surface area contributed by atoms with Crippen LogP contribution in [-0.2, 0) is 14.3 Å². The van der Waals surface area contributed by atoms with Crippen molar-refractivity contribution in [3.63, 3.8) is 0 Å². The average Bonchev–Trinajstić information content (AvgIpc) is 2.26. The van der Waals surface area contributed by atoms with E-state index in [1.165, 1.54) is 0 Å². The molecular formula is C12H22O3. The molecule has 0 saturated carbocycles. The molecule has 88 valence electrons. The molecule has 15 heavy (non-hydrogen) atoms. The van der Waals surface area contributed by atoms with Gasteiger partial charge in [-0.1, -0.05) is 13.8 Å². The lowest BCUT2D eigenvalue weighted by Gasteiger charge is -2.02. The van der Waals surface area contributed by atoms with E-state index >= 15 is 0 Å². The Balaban J connectivity index is 3.11. The molecule has 0 atom stereocenters. The van der Waals surface area contributed by atoms with Crippen LogP contribution in [0.3, 0.4) is 0 Å². The smallest absolute Gasteiger partial charge is 0.132 e. The van der Waals surface area contributed by atoms with Gasteiger partial charge in [-0.25, -0.2) is 0 Å². The van der Waals surface area contributed by atoms with Crippen LogP contribution in [-0.4, -0.2) is 24.8 Å². The lowest BCUT2D eigenvalue weighted by Crippen LogP contribution is -2.03. The second-order valence-electron chi connectivity index (χ2n) is 3.60. The summed E-state index contributed by atoms with van der Waals surface area (Å²) in [7, 11) is 0. The highest BCUT2D eigenvalue weighted by Crippen LogP contribution is 1.98. The van der Waals surface area contributed by atoms with Crippen molar-refractivity contribution >= 4 is 11.6 Å². The summed E-state index contributed by atoms with van der Waals surface area (Å²) in [6, 6.07) is 0. The van der Waals surface area contributed by atoms with Gasteiger partial charge in [0, 0.05) is 38.9 Å². The molecule has 0 aromatic rings. The first kappa shape index (κ1) is 14.3. The number of carbonyl (C=O) groups excluding carboxylic acids is 2. The van der Waals surface area contributed by atoms with Gasteiger partial charge in [-0.2, -0.15) is 0 Å². The van der Waals surface area contributed by atoms with Crippen molar-refractivity contribution in [2.45, 2.75) is 52.4 Å². The monoisotopic (exact) mass is 214 g/mol. The van der Waals surface area contributed by atoms with Crippen LogP contribution in [0.5, 0.6) is 0 Å². The zero-order valence-electron chi connectivity index (χ0n) is 9.88. The van der Waals surface area contributed by atoms with Crippen LogP contribution in [0.2, 0.25) is 0 Å². The zero-order valence-corrected chi connectivity index (χ0v) is 9.88. The van der Waals surface area contributed by atoms with E-state index in [2.05, 4.69) is 0 Å². The Hall–Kier alpha value is -0.700. The van der Waals surface area contributed by atoms with E-state index in [9.17, 15) is 9.59 Å². The van der Waals surface area contributed by atoms with Crippen LogP contribution >= 0.6 is 0 Å². The maximum absolute atomic E-state index is 10.9. The lowest BCUT2D eigenvalue weighted by molar-refractivity contribution is -0.119. The lowest BCUT2D eigenvalue weighted by atomic mass is 10.2. The molecule has 0 aromatic heterocycles. The third-order valence-corrected chi connectivity index (χ3v) is 2.28. The van der Waals surface area contributed by atoms with Crippen molar-refractivity contribution in [2.24, 2.45) is 0 Å². The van der Waals surface area contributed by atoms with E-state index in [1.54, 1.807) is 0 Å². The maximum atomic E-state index is 10.9. The quantitative estimate of drug-likeness (QED) is 0.525. The molecule has 0 aliphatic carbocycles. The molecule has 0 bridgehead atoms. The summed E-state index contributed by atoms with van der Waals surface area (Å²) in [6.07, 6.45) is 4.06. The maximum Gasteiger partial charge on any atom is 0.132 e. The van der Waals surface area contributed by atoms with E-state index < -0.39 is 0 Å². The molecule has 3 nitrogen and oxygen atoms in total. The number of ether oxygens (including phenoxy) is 1. The minimum absolute atomic E-state index is 0.291. The van der Waals surface area contributed by atoms with Gasteiger partial charge in [0.1, 0.15) is 11.6 Å². The fourth-order valence-corrected chi connectivity index (χ4v) is 1.20. The molecule has 0 unspecified atom stereocenters. The van der Waals surface area contributed by atoms with Crippen molar-refractivity contribution in [2.75, 3.05) is 13.2 Å². The number of ketones is 2. The first-order valence-corrected chi connectivity index (χ1v) is 5.81. The average molecular weight is 214 g/mol. The molecule has 0 rings (SSSR count). The summed E-state index contributed by atoms with van der Waals surface area (Å²) in [5.74, 6) is 0.583. The Morgan fingerprint density at radius 1 is 0.867 bits per heavy atom. The van der Waals surface area contributed by atoms with Crippen LogP contribution < -0.4 is 0 Å². The molecule has 0 aliphatic heterocycles. The fourth-order valence-electron chi connectivity index (χ4n) is 1.20. The summed E-state index contributed by atoms with van der Waals surface area (Å²) < 4.78 is 5.32. The Labute approximate surface area is 92.2 Å². The van der Waals surface area contributed by atoms with E-state index in [0.29, 0.717) is 50.5 Å². The Bertz CT molecular complexity index is 167. The standard InChI is InChI=1S/C12H22O3/c1-3-11(13)7-5-9-15-10-6-8-12(14)4-2/h3-10H2,1-2H3. The highest BCUT2D eigenvalue weighted by Gasteiger charge is 1.99. The number of Topliss-reactive ketones (excluding diaryl/α,β-unsaturated/α-hetero) is 2. The largest absolute Gasteiger partial charge is 0.381 e. The Morgan fingerprint density at radius 2 is 1.27 bits per heavy atom. The van der Waals surface area contributed by atoms with Crippen molar-refractivity contribution < 1.29 is 14.3 Å². The van der Waals surface area contributed by atoms with E-state index in [-0.39, 0.29) is 0 Å². The summed E-state index contributed by atoms with van der Waals surface area (Å²) in [5.41, 5.74) is 0. The zero-order chi connectivity index (χ0) is 11.5. The van der Waals surface area contributed by atoms with Crippen LogP contribution in [0.15, 0.2) is 0 Å². The van der Waals surface area contributed by atoms with Crippen molar-refractivity contribution in [1.82, 2.24) is 0 Å². The molecule has 0 N–H and O–H groups in total. The molecule has 0 aliphatic rings. The predicted molar refractivity (Wildman–Crippen MR) is 59.9 cm³/mol. The van der Waals surface area contributed by atoms with Gasteiger partial charge in [-0.3, -0.25) is 9.59 Å². The highest BCUT2D eigenvalue weighted by molar-refractivity contribution is 5.78. The van der Waals surface area contributed by atoms with E-state index in [1.807, 2.05) is 13.8 Å². The van der Waals surface area contributed by atoms with Crippen molar-refractivity contribution in [3.05, 3.63) is 0 Å². The molecule has 0 amide bonds. The van der Waals surface area contributed by atoms with Crippen LogP contribution in [0.4, 0.5) is 0 Å². The summed E-state index contributed by atoms with van der Waals surface area (Å²) >= 11 is 0. The first-order chi connectivity index (χ1) is 7.20. The van der Waals surface area contributed by atoms with Gasteiger partial charge >= 0.3 is 0 Å². The van der Waals surface area contributed by atoms with E-state index in [4.69, 9.17) is 4.74 Å². The molecule has 0 aromatic carbocycles. The number of rotatable bonds is 10. The van der Waals surface area contributed by atoms with E-state index in [0.717, 1.165) is 12.8 Å². The topological polar surface area (TPSA) is 43.4 Å². The van der Waals surface area contributed by atoms with Crippen LogP contribution in [0, 0.1) is 0 Å². The van der Waals surface area contributed by atoms with Gasteiger partial charge in [-0.05, 0) is 12.8 Å². The molecule has 3 heteroatoms. The van der Waals surface area contributed by atoms with Gasteiger partial charge in [0.15, 0.2) is 0 Å². The van der Waals surface area contributed by atoms with Crippen LogP contribution in [0.1, 0.15) is 52.4 Å². The minimum Gasteiger partial charge on any atom is -0.381 e. The van der Waals surface area contributed by atoms with Gasteiger partial charge in [-0.15, -0.1) is 0 Å². The SMILES string of the molecule is CCC(=O)CCCOCCCC(=O)CC. The highest BCUT2D eigenvalue weighted by atomic mass is 16.5. The number of hydrogen-bond donors (Lipinski definition) is 0. The molecule has 0 saturated heterocycles. The predicted octanol–water partition coefficient (Wildman–Crippen LogP) is 2.52. The van der Waals surface area contributed by atoms with Gasteiger partial charge < -0.3 is 4.74 Å². The number of hydrogen-bond acceptors (Lipinski definition) is 3. The molecule has 0 spiro atoms. The van der Waals surface area contributed by atoms with Gasteiger partial charge in [0.25, 0.3) is 0 Å². The molecular weight excluding hydrogens is 192 g/mol. The second-order valence-corrected chi connectivity index (χ2v) is 3.60. The van der Waals surface area contributed by atoms with Gasteiger partial charge in [0.2, 0.25) is 0 Å². The Kier molecular flexibility index (Phi) is 9.38. The normalized spacial score (nSPS) is 10.3. The fraction of sp³-hybridized carbons (Fsp3) is 0.833. The summed E-state index contributed by atoms with van der Waals surface area (Å²) in [4.78, 5) is 21.9. The first-order valence-electron chi connectivity index (χ1n) is 5.81. The number of carbonyl (C=O) groups is 2. The molecule has 0 heterocycles. The third-order valence-electron chi connectivity index (χ3n) is 2.28. The molecule has 0 radical (unpaired) electrons. The Morgan fingerprint density at radius 3 is 1.60 bits per heavy atom.